The maximum absolute atomic E-state index is 13.4. The summed E-state index contributed by atoms with van der Waals surface area (Å²) in [6, 6.07) is 9.31. The van der Waals surface area contributed by atoms with Crippen molar-refractivity contribution in [2.45, 2.75) is 19.9 Å². The first kappa shape index (κ1) is 13.9. The van der Waals surface area contributed by atoms with Crippen LogP contribution in [0.3, 0.4) is 0 Å². The zero-order valence-electron chi connectivity index (χ0n) is 11.5. The molecule has 1 N–H and O–H groups in total. The van der Waals surface area contributed by atoms with Gasteiger partial charge in [0.25, 0.3) is 0 Å². The number of H-pyrrole nitrogens is 1. The molecule has 0 aliphatic heterocycles. The Morgan fingerprint density at radius 3 is 2.57 bits per heavy atom. The zero-order chi connectivity index (χ0) is 15.0. The molecule has 3 rings (SSSR count). The highest BCUT2D eigenvalue weighted by molar-refractivity contribution is 7.71. The third kappa shape index (κ3) is 2.74. The van der Waals surface area contributed by atoms with Crippen molar-refractivity contribution in [2.24, 2.45) is 0 Å². The van der Waals surface area contributed by atoms with E-state index in [1.165, 1.54) is 24.3 Å². The van der Waals surface area contributed by atoms with E-state index < -0.39 is 0 Å². The second-order valence-electron chi connectivity index (χ2n) is 5.06. The van der Waals surface area contributed by atoms with Gasteiger partial charge in [-0.05, 0) is 67.0 Å². The minimum absolute atomic E-state index is 0.234. The van der Waals surface area contributed by atoms with E-state index in [0.717, 1.165) is 22.2 Å². The molecule has 0 atom stereocenters. The van der Waals surface area contributed by atoms with Crippen LogP contribution in [-0.2, 0) is 13.0 Å². The third-order valence-electron chi connectivity index (χ3n) is 3.65. The second kappa shape index (κ2) is 5.41. The van der Waals surface area contributed by atoms with Crippen LogP contribution in [0.25, 0.3) is 11.0 Å². The lowest BCUT2D eigenvalue weighted by Crippen LogP contribution is -2.03. The smallest absolute Gasteiger partial charge is 0.178 e. The van der Waals surface area contributed by atoms with Gasteiger partial charge in [0.05, 0.1) is 11.0 Å². The maximum atomic E-state index is 13.4. The first-order valence-electron chi connectivity index (χ1n) is 6.68. The van der Waals surface area contributed by atoms with Crippen molar-refractivity contribution >= 4 is 23.3 Å². The van der Waals surface area contributed by atoms with Crippen molar-refractivity contribution in [2.75, 3.05) is 0 Å². The number of nitrogens with zero attached hydrogens (tertiary/aromatic N) is 1. The van der Waals surface area contributed by atoms with Crippen LogP contribution in [0.5, 0.6) is 0 Å². The summed E-state index contributed by atoms with van der Waals surface area (Å²) in [5.41, 5.74) is 3.54. The Kier molecular flexibility index (Phi) is 3.59. The lowest BCUT2D eigenvalue weighted by atomic mass is 10.1. The monoisotopic (exact) mass is 304 g/mol. The third-order valence-corrected chi connectivity index (χ3v) is 3.97. The van der Waals surface area contributed by atoms with Crippen molar-refractivity contribution in [3.05, 3.63) is 63.9 Å². The minimum Gasteiger partial charge on any atom is -0.331 e. The van der Waals surface area contributed by atoms with Gasteiger partial charge in [-0.1, -0.05) is 6.07 Å². The topological polar surface area (TPSA) is 20.7 Å². The number of benzene rings is 2. The van der Waals surface area contributed by atoms with Gasteiger partial charge in [0.15, 0.2) is 4.77 Å². The Labute approximate surface area is 126 Å². The molecule has 0 saturated heterocycles. The van der Waals surface area contributed by atoms with Gasteiger partial charge in [-0.15, -0.1) is 0 Å². The fourth-order valence-corrected chi connectivity index (χ4v) is 2.82. The van der Waals surface area contributed by atoms with E-state index in [-0.39, 0.29) is 11.6 Å². The number of imidazole rings is 1. The molecule has 1 aromatic heterocycles. The predicted octanol–water partition coefficient (Wildman–Crippen LogP) is 4.53. The molecule has 0 fully saturated rings. The van der Waals surface area contributed by atoms with Crippen molar-refractivity contribution < 1.29 is 8.78 Å². The molecule has 0 saturated carbocycles. The molecule has 0 spiro atoms. The zero-order valence-corrected chi connectivity index (χ0v) is 12.3. The predicted molar refractivity (Wildman–Crippen MR) is 81.9 cm³/mol. The van der Waals surface area contributed by atoms with Gasteiger partial charge in [-0.3, -0.25) is 0 Å². The van der Waals surface area contributed by atoms with Gasteiger partial charge in [-0.25, -0.2) is 8.78 Å². The van der Waals surface area contributed by atoms with E-state index in [2.05, 4.69) is 4.98 Å². The molecule has 2 nitrogen and oxygen atoms in total. The fraction of sp³-hybridized carbons (Fsp3) is 0.188. The molecule has 0 aliphatic carbocycles. The van der Waals surface area contributed by atoms with Crippen LogP contribution in [0.4, 0.5) is 8.78 Å². The number of aromatic nitrogens is 2. The summed E-state index contributed by atoms with van der Waals surface area (Å²) in [5, 5.41) is 0. The number of hydrogen-bond acceptors (Lipinski definition) is 1. The normalized spacial score (nSPS) is 11.2. The largest absolute Gasteiger partial charge is 0.331 e. The van der Waals surface area contributed by atoms with E-state index in [4.69, 9.17) is 12.2 Å². The van der Waals surface area contributed by atoms with Crippen LogP contribution in [0.15, 0.2) is 36.4 Å². The van der Waals surface area contributed by atoms with E-state index in [0.29, 0.717) is 17.7 Å². The molecule has 0 radical (unpaired) electrons. The van der Waals surface area contributed by atoms with Gasteiger partial charge in [0.2, 0.25) is 0 Å². The van der Waals surface area contributed by atoms with Crippen LogP contribution in [0.1, 0.15) is 11.1 Å². The summed E-state index contributed by atoms with van der Waals surface area (Å²) >= 11 is 5.29. The molecular weight excluding hydrogens is 290 g/mol. The molecule has 0 bridgehead atoms. The van der Waals surface area contributed by atoms with Crippen LogP contribution >= 0.6 is 12.2 Å². The quantitative estimate of drug-likeness (QED) is 0.705. The number of fused-ring (bicyclic) bond motifs is 1. The number of aromatic amines is 1. The van der Waals surface area contributed by atoms with Crippen molar-refractivity contribution in [3.8, 4) is 0 Å². The summed E-state index contributed by atoms with van der Waals surface area (Å²) in [6.07, 6.45) is 0.712. The first-order valence-corrected chi connectivity index (χ1v) is 7.08. The highest BCUT2D eigenvalue weighted by Gasteiger charge is 2.07. The molecule has 1 heterocycles. The molecule has 108 valence electrons. The van der Waals surface area contributed by atoms with Gasteiger partial charge in [0.1, 0.15) is 11.6 Å². The van der Waals surface area contributed by atoms with Crippen molar-refractivity contribution in [1.29, 1.82) is 0 Å². The number of rotatable bonds is 3. The van der Waals surface area contributed by atoms with Gasteiger partial charge in [-0.2, -0.15) is 0 Å². The molecule has 0 unspecified atom stereocenters. The Morgan fingerprint density at radius 1 is 1.10 bits per heavy atom. The lowest BCUT2D eigenvalue weighted by Gasteiger charge is -2.08. The van der Waals surface area contributed by atoms with Gasteiger partial charge >= 0.3 is 0 Å². The highest BCUT2D eigenvalue weighted by Crippen LogP contribution is 2.17. The molecule has 5 heteroatoms. The van der Waals surface area contributed by atoms with Gasteiger partial charge < -0.3 is 9.55 Å². The summed E-state index contributed by atoms with van der Waals surface area (Å²) < 4.78 is 28.9. The summed E-state index contributed by atoms with van der Waals surface area (Å²) in [5.74, 6) is -0.523. The van der Waals surface area contributed by atoms with E-state index >= 15 is 0 Å². The first-order chi connectivity index (χ1) is 10.0. The van der Waals surface area contributed by atoms with E-state index in [1.807, 2.05) is 11.5 Å². The highest BCUT2D eigenvalue weighted by atomic mass is 32.1. The summed E-state index contributed by atoms with van der Waals surface area (Å²) in [4.78, 5) is 3.07. The van der Waals surface area contributed by atoms with Crippen LogP contribution in [-0.4, -0.2) is 9.55 Å². The fourth-order valence-electron chi connectivity index (χ4n) is 2.52. The Balaban J connectivity index is 1.93. The molecule has 0 aliphatic rings. The van der Waals surface area contributed by atoms with Crippen molar-refractivity contribution in [3.63, 3.8) is 0 Å². The number of nitrogens with one attached hydrogen (secondary N) is 1. The Hall–Kier alpha value is -2.01. The molecule has 2 aromatic carbocycles. The molecule has 3 aromatic rings. The number of hydrogen-bond donors (Lipinski definition) is 1. The summed E-state index contributed by atoms with van der Waals surface area (Å²) in [7, 11) is 0. The Morgan fingerprint density at radius 2 is 1.81 bits per heavy atom. The molecule has 0 amide bonds. The van der Waals surface area contributed by atoms with E-state index in [1.54, 1.807) is 12.1 Å². The number of halogens is 2. The average molecular weight is 304 g/mol. The standard InChI is InChI=1S/C16H14F2N2S/c1-10-8-12(17)3-2-11(10)6-7-20-15-9-13(18)4-5-14(15)19-16(20)21/h2-5,8-9H,6-7H2,1H3,(H,19,21). The van der Waals surface area contributed by atoms with E-state index in [9.17, 15) is 8.78 Å². The molecular formula is C16H14F2N2S. The van der Waals surface area contributed by atoms with Crippen LogP contribution < -0.4 is 0 Å². The second-order valence-corrected chi connectivity index (χ2v) is 5.45. The Bertz CT molecular complexity index is 864. The van der Waals surface area contributed by atoms with Crippen LogP contribution in [0.2, 0.25) is 0 Å². The molecule has 21 heavy (non-hydrogen) atoms. The number of aryl methyl sites for hydroxylation is 3. The van der Waals surface area contributed by atoms with Crippen molar-refractivity contribution in [1.82, 2.24) is 9.55 Å². The lowest BCUT2D eigenvalue weighted by molar-refractivity contribution is 0.622. The van der Waals surface area contributed by atoms with Gasteiger partial charge in [0, 0.05) is 6.54 Å². The summed E-state index contributed by atoms with van der Waals surface area (Å²) in [6.45, 7) is 2.50. The maximum Gasteiger partial charge on any atom is 0.178 e. The minimum atomic E-state index is -0.289. The van der Waals surface area contributed by atoms with Crippen LogP contribution in [0, 0.1) is 23.3 Å². The average Bonchev–Trinajstić information content (AvgIpc) is 2.73. The SMILES string of the molecule is Cc1cc(F)ccc1CCn1c(=S)[nH]c2ccc(F)cc21.